The quantitative estimate of drug-likeness (QED) is 0.558. The first-order chi connectivity index (χ1) is 5.97. The van der Waals surface area contributed by atoms with Gasteiger partial charge in [0, 0.05) is 0 Å². The molecule has 72 valence electrons. The number of rotatable bonds is 3. The summed E-state index contributed by atoms with van der Waals surface area (Å²) in [6, 6.07) is 0. The number of hydrogen-bond acceptors (Lipinski definition) is 0. The second-order valence-corrected chi connectivity index (χ2v) is 3.64. The first-order valence-electron chi connectivity index (χ1n) is 4.62. The topological polar surface area (TPSA) is 0 Å². The van der Waals surface area contributed by atoms with Crippen LogP contribution in [-0.4, -0.2) is 0 Å². The maximum atomic E-state index is 3.87. The molecule has 0 nitrogen and oxygen atoms in total. The summed E-state index contributed by atoms with van der Waals surface area (Å²) in [4.78, 5) is 0. The van der Waals surface area contributed by atoms with E-state index in [1.165, 1.54) is 16.7 Å². The second kappa shape index (κ2) is 5.58. The van der Waals surface area contributed by atoms with Gasteiger partial charge in [0.25, 0.3) is 0 Å². The molecule has 0 aliphatic heterocycles. The fraction of sp³-hybridized carbons (Fsp3) is 0.385. The van der Waals surface area contributed by atoms with E-state index < -0.39 is 0 Å². The Labute approximate surface area is 82.4 Å². The monoisotopic (exact) mass is 176 g/mol. The van der Waals surface area contributed by atoms with E-state index >= 15 is 0 Å². The maximum absolute atomic E-state index is 3.87. The molecular formula is C13H20. The van der Waals surface area contributed by atoms with E-state index in [0.717, 1.165) is 5.57 Å². The van der Waals surface area contributed by atoms with Crippen LogP contribution in [-0.2, 0) is 0 Å². The normalized spacial score (nSPS) is 12.7. The molecule has 13 heavy (non-hydrogen) atoms. The van der Waals surface area contributed by atoms with Gasteiger partial charge >= 0.3 is 0 Å². The van der Waals surface area contributed by atoms with E-state index in [-0.39, 0.29) is 0 Å². The van der Waals surface area contributed by atoms with Crippen LogP contribution in [0.3, 0.4) is 0 Å². The average molecular weight is 176 g/mol. The largest absolute Gasteiger partial charge is 0.0961 e. The lowest BCUT2D eigenvalue weighted by atomic mass is 10.0. The lowest BCUT2D eigenvalue weighted by Crippen LogP contribution is -1.82. The van der Waals surface area contributed by atoms with Gasteiger partial charge in [0.15, 0.2) is 0 Å². The minimum atomic E-state index is 1.10. The molecule has 0 aromatic rings. The van der Waals surface area contributed by atoms with Gasteiger partial charge in [-0.05, 0) is 45.8 Å². The summed E-state index contributed by atoms with van der Waals surface area (Å²) in [5.41, 5.74) is 4.97. The summed E-state index contributed by atoms with van der Waals surface area (Å²) in [5.74, 6) is 0. The van der Waals surface area contributed by atoms with Crippen LogP contribution in [0.4, 0.5) is 0 Å². The van der Waals surface area contributed by atoms with E-state index in [4.69, 9.17) is 0 Å². The van der Waals surface area contributed by atoms with Crippen LogP contribution < -0.4 is 0 Å². The Morgan fingerprint density at radius 2 is 1.54 bits per heavy atom. The standard InChI is InChI=1S/C13H20/c1-7-13(9-11(4)5)12(6)8-10(2)3/h7-9H,2H2,1,3-6H3/b12-8+,13-7+. The zero-order valence-corrected chi connectivity index (χ0v) is 9.44. The van der Waals surface area contributed by atoms with Crippen LogP contribution in [0.1, 0.15) is 34.6 Å². The summed E-state index contributed by atoms with van der Waals surface area (Å²) in [6.07, 6.45) is 6.42. The van der Waals surface area contributed by atoms with Crippen molar-refractivity contribution in [3.05, 3.63) is 47.1 Å². The van der Waals surface area contributed by atoms with Crippen LogP contribution in [0.5, 0.6) is 0 Å². The molecule has 0 aromatic carbocycles. The Bertz CT molecular complexity index is 268. The SMILES string of the molecule is C=C(C)/C=C(C)/C(C=C(C)C)=C/C. The third kappa shape index (κ3) is 5.24. The maximum Gasteiger partial charge on any atom is -0.0271 e. The van der Waals surface area contributed by atoms with Crippen molar-refractivity contribution in [1.29, 1.82) is 0 Å². The number of allylic oxidation sites excluding steroid dienone is 7. The average Bonchev–Trinajstić information content (AvgIpc) is 1.98. The molecule has 0 atom stereocenters. The lowest BCUT2D eigenvalue weighted by molar-refractivity contribution is 1.31. The van der Waals surface area contributed by atoms with Gasteiger partial charge in [0.2, 0.25) is 0 Å². The molecule has 0 amide bonds. The zero-order valence-electron chi connectivity index (χ0n) is 9.44. The van der Waals surface area contributed by atoms with E-state index in [0.29, 0.717) is 0 Å². The molecule has 0 spiro atoms. The van der Waals surface area contributed by atoms with E-state index in [1.54, 1.807) is 0 Å². The van der Waals surface area contributed by atoms with Crippen LogP contribution >= 0.6 is 0 Å². The van der Waals surface area contributed by atoms with Crippen molar-refractivity contribution in [2.75, 3.05) is 0 Å². The Morgan fingerprint density at radius 3 is 1.85 bits per heavy atom. The summed E-state index contributed by atoms with van der Waals surface area (Å²) >= 11 is 0. The van der Waals surface area contributed by atoms with E-state index in [2.05, 4.69) is 52.5 Å². The highest BCUT2D eigenvalue weighted by Crippen LogP contribution is 2.14. The fourth-order valence-electron chi connectivity index (χ4n) is 1.19. The molecule has 0 heteroatoms. The molecule has 0 saturated heterocycles. The van der Waals surface area contributed by atoms with Gasteiger partial charge in [-0.25, -0.2) is 0 Å². The Hall–Kier alpha value is -1.04. The highest BCUT2D eigenvalue weighted by Gasteiger charge is 1.94. The van der Waals surface area contributed by atoms with Crippen LogP contribution in [0, 0.1) is 0 Å². The first-order valence-corrected chi connectivity index (χ1v) is 4.62. The van der Waals surface area contributed by atoms with Crippen molar-refractivity contribution in [3.63, 3.8) is 0 Å². The first kappa shape index (κ1) is 12.0. The predicted octanol–water partition coefficient (Wildman–Crippen LogP) is 4.42. The van der Waals surface area contributed by atoms with Crippen molar-refractivity contribution in [2.24, 2.45) is 0 Å². The molecule has 0 aliphatic carbocycles. The van der Waals surface area contributed by atoms with Crippen LogP contribution in [0.2, 0.25) is 0 Å². The van der Waals surface area contributed by atoms with Crippen LogP contribution in [0.15, 0.2) is 47.1 Å². The zero-order chi connectivity index (χ0) is 10.4. The lowest BCUT2D eigenvalue weighted by Gasteiger charge is -2.03. The Kier molecular flexibility index (Phi) is 5.13. The second-order valence-electron chi connectivity index (χ2n) is 3.64. The molecule has 0 aliphatic rings. The van der Waals surface area contributed by atoms with Gasteiger partial charge in [-0.15, -0.1) is 0 Å². The van der Waals surface area contributed by atoms with E-state index in [9.17, 15) is 0 Å². The predicted molar refractivity (Wildman–Crippen MR) is 61.8 cm³/mol. The Balaban J connectivity index is 4.82. The number of hydrogen-bond donors (Lipinski definition) is 0. The minimum Gasteiger partial charge on any atom is -0.0961 e. The molecule has 0 bridgehead atoms. The fourth-order valence-corrected chi connectivity index (χ4v) is 1.19. The summed E-state index contributed by atoms with van der Waals surface area (Å²) in [5, 5.41) is 0. The van der Waals surface area contributed by atoms with E-state index in [1.807, 2.05) is 6.92 Å². The van der Waals surface area contributed by atoms with Crippen molar-refractivity contribution in [3.8, 4) is 0 Å². The summed E-state index contributed by atoms with van der Waals surface area (Å²) in [7, 11) is 0. The van der Waals surface area contributed by atoms with Crippen molar-refractivity contribution in [2.45, 2.75) is 34.6 Å². The molecule has 0 saturated carbocycles. The molecule has 0 unspecified atom stereocenters. The van der Waals surface area contributed by atoms with Gasteiger partial charge in [-0.2, -0.15) is 0 Å². The molecular weight excluding hydrogens is 156 g/mol. The molecule has 0 fully saturated rings. The van der Waals surface area contributed by atoms with Gasteiger partial charge in [0.1, 0.15) is 0 Å². The molecule has 0 radical (unpaired) electrons. The molecule has 0 heterocycles. The van der Waals surface area contributed by atoms with Gasteiger partial charge in [0.05, 0.1) is 0 Å². The van der Waals surface area contributed by atoms with Crippen LogP contribution in [0.25, 0.3) is 0 Å². The smallest absolute Gasteiger partial charge is 0.0271 e. The third-order valence-corrected chi connectivity index (χ3v) is 1.67. The summed E-state index contributed by atoms with van der Waals surface area (Å²) < 4.78 is 0. The highest BCUT2D eigenvalue weighted by molar-refractivity contribution is 5.42. The van der Waals surface area contributed by atoms with Crippen molar-refractivity contribution >= 4 is 0 Å². The molecule has 0 rings (SSSR count). The van der Waals surface area contributed by atoms with Gasteiger partial charge in [-0.1, -0.05) is 36.0 Å². The van der Waals surface area contributed by atoms with Gasteiger partial charge < -0.3 is 0 Å². The Morgan fingerprint density at radius 1 is 1.00 bits per heavy atom. The molecule has 0 aromatic heterocycles. The van der Waals surface area contributed by atoms with Crippen molar-refractivity contribution in [1.82, 2.24) is 0 Å². The molecule has 0 N–H and O–H groups in total. The minimum absolute atomic E-state index is 1.10. The summed E-state index contributed by atoms with van der Waals surface area (Å²) in [6.45, 7) is 14.3. The third-order valence-electron chi connectivity index (χ3n) is 1.67. The van der Waals surface area contributed by atoms with Gasteiger partial charge in [-0.3, -0.25) is 0 Å². The van der Waals surface area contributed by atoms with Crippen molar-refractivity contribution < 1.29 is 0 Å². The highest BCUT2D eigenvalue weighted by atomic mass is 14.0.